The Kier molecular flexibility index (Phi) is 4.47. The van der Waals surface area contributed by atoms with Gasteiger partial charge in [0.25, 0.3) is 0 Å². The van der Waals surface area contributed by atoms with Gasteiger partial charge >= 0.3 is 6.03 Å². The number of amides is 2. The highest BCUT2D eigenvalue weighted by Gasteiger charge is 2.20. The van der Waals surface area contributed by atoms with Crippen LogP contribution in [-0.2, 0) is 0 Å². The molecule has 1 fully saturated rings. The molecule has 116 valence electrons. The first-order valence-corrected chi connectivity index (χ1v) is 8.09. The number of carbonyl (C=O) groups is 1. The summed E-state index contributed by atoms with van der Waals surface area (Å²) in [5, 5.41) is 10.9. The molecular formula is C14H18N6OS. The molecule has 1 N–H and O–H groups in total. The molecule has 0 atom stereocenters. The molecule has 7 nitrogen and oxygen atoms in total. The summed E-state index contributed by atoms with van der Waals surface area (Å²) in [6, 6.07) is 1.93. The molecule has 2 aromatic heterocycles. The standard InChI is InChI=1S/C14H18N6OS/c1-11-9-15-4-3-12(11)19-5-2-6-20(8-7-19)14(21)17-13-18-16-10-22-13/h3-4,9-10H,2,5-8H2,1H3,(H,17,18,21). The SMILES string of the molecule is Cc1cnccc1N1CCCN(C(=O)Nc2nncs2)CC1. The molecule has 0 aliphatic carbocycles. The summed E-state index contributed by atoms with van der Waals surface area (Å²) >= 11 is 1.32. The van der Waals surface area contributed by atoms with Gasteiger partial charge in [-0.1, -0.05) is 11.3 Å². The summed E-state index contributed by atoms with van der Waals surface area (Å²) in [6.07, 6.45) is 4.62. The van der Waals surface area contributed by atoms with Crippen LogP contribution < -0.4 is 10.2 Å². The molecule has 1 aliphatic heterocycles. The monoisotopic (exact) mass is 318 g/mol. The topological polar surface area (TPSA) is 74.2 Å². The number of hydrogen-bond acceptors (Lipinski definition) is 6. The number of nitrogens with zero attached hydrogens (tertiary/aromatic N) is 5. The molecule has 22 heavy (non-hydrogen) atoms. The number of aromatic nitrogens is 3. The Labute approximate surface area is 133 Å². The van der Waals surface area contributed by atoms with Gasteiger partial charge in [0, 0.05) is 44.3 Å². The molecule has 0 radical (unpaired) electrons. The van der Waals surface area contributed by atoms with Gasteiger partial charge in [-0.2, -0.15) is 0 Å². The molecule has 1 saturated heterocycles. The maximum Gasteiger partial charge on any atom is 0.323 e. The van der Waals surface area contributed by atoms with Crippen molar-refractivity contribution in [1.29, 1.82) is 0 Å². The van der Waals surface area contributed by atoms with Crippen LogP contribution in [0, 0.1) is 6.92 Å². The first kappa shape index (κ1) is 14.7. The fourth-order valence-electron chi connectivity index (χ4n) is 2.58. The molecule has 1 aliphatic rings. The van der Waals surface area contributed by atoms with E-state index in [1.807, 2.05) is 23.4 Å². The number of hydrogen-bond donors (Lipinski definition) is 1. The highest BCUT2D eigenvalue weighted by atomic mass is 32.1. The van der Waals surface area contributed by atoms with Gasteiger partial charge in [0.05, 0.1) is 0 Å². The molecule has 0 bridgehead atoms. The van der Waals surface area contributed by atoms with Crippen molar-refractivity contribution in [1.82, 2.24) is 20.1 Å². The summed E-state index contributed by atoms with van der Waals surface area (Å²) in [7, 11) is 0. The lowest BCUT2D eigenvalue weighted by molar-refractivity contribution is 0.215. The van der Waals surface area contributed by atoms with E-state index in [9.17, 15) is 4.79 Å². The van der Waals surface area contributed by atoms with Crippen LogP contribution in [-0.4, -0.2) is 52.3 Å². The van der Waals surface area contributed by atoms with E-state index in [4.69, 9.17) is 0 Å². The Morgan fingerprint density at radius 2 is 2.23 bits per heavy atom. The Morgan fingerprint density at radius 3 is 3.00 bits per heavy atom. The second-order valence-corrected chi connectivity index (χ2v) is 6.00. The Bertz CT molecular complexity index is 632. The van der Waals surface area contributed by atoms with Gasteiger partial charge in [-0.05, 0) is 25.0 Å². The minimum Gasteiger partial charge on any atom is -0.369 e. The van der Waals surface area contributed by atoms with Crippen molar-refractivity contribution in [2.75, 3.05) is 36.4 Å². The smallest absolute Gasteiger partial charge is 0.323 e. The summed E-state index contributed by atoms with van der Waals surface area (Å²) in [5.41, 5.74) is 3.96. The minimum absolute atomic E-state index is 0.106. The number of urea groups is 1. The van der Waals surface area contributed by atoms with Crippen molar-refractivity contribution < 1.29 is 4.79 Å². The zero-order valence-corrected chi connectivity index (χ0v) is 13.2. The zero-order valence-electron chi connectivity index (χ0n) is 12.4. The van der Waals surface area contributed by atoms with Crippen molar-refractivity contribution in [2.45, 2.75) is 13.3 Å². The second kappa shape index (κ2) is 6.69. The lowest BCUT2D eigenvalue weighted by atomic mass is 10.2. The predicted octanol–water partition coefficient (Wildman–Crippen LogP) is 1.99. The van der Waals surface area contributed by atoms with Gasteiger partial charge in [0.15, 0.2) is 0 Å². The number of aryl methyl sites for hydroxylation is 1. The molecule has 0 unspecified atom stereocenters. The van der Waals surface area contributed by atoms with E-state index in [-0.39, 0.29) is 6.03 Å². The van der Waals surface area contributed by atoms with Crippen LogP contribution in [0.5, 0.6) is 0 Å². The molecule has 2 amide bonds. The molecule has 3 rings (SSSR count). The fourth-order valence-corrected chi connectivity index (χ4v) is 3.02. The lowest BCUT2D eigenvalue weighted by Gasteiger charge is -2.24. The van der Waals surface area contributed by atoms with Gasteiger partial charge in [-0.3, -0.25) is 10.3 Å². The molecular weight excluding hydrogens is 300 g/mol. The van der Waals surface area contributed by atoms with Crippen LogP contribution in [0.15, 0.2) is 24.0 Å². The number of pyridine rings is 1. The quantitative estimate of drug-likeness (QED) is 0.916. The first-order valence-electron chi connectivity index (χ1n) is 7.21. The number of anilines is 2. The zero-order chi connectivity index (χ0) is 15.4. The van der Waals surface area contributed by atoms with Gasteiger partial charge in [0.1, 0.15) is 5.51 Å². The third-order valence-corrected chi connectivity index (χ3v) is 4.30. The van der Waals surface area contributed by atoms with Crippen LogP contribution in [0.2, 0.25) is 0 Å². The van der Waals surface area contributed by atoms with Crippen LogP contribution >= 0.6 is 11.3 Å². The summed E-state index contributed by atoms with van der Waals surface area (Å²) in [4.78, 5) is 20.5. The third-order valence-electron chi connectivity index (χ3n) is 3.69. The number of carbonyl (C=O) groups excluding carboxylic acids is 1. The largest absolute Gasteiger partial charge is 0.369 e. The van der Waals surface area contributed by atoms with Crippen molar-refractivity contribution in [2.24, 2.45) is 0 Å². The van der Waals surface area contributed by atoms with Crippen molar-refractivity contribution >= 4 is 28.2 Å². The van der Waals surface area contributed by atoms with E-state index in [2.05, 4.69) is 32.3 Å². The molecule has 8 heteroatoms. The minimum atomic E-state index is -0.106. The van der Waals surface area contributed by atoms with Crippen LogP contribution in [0.3, 0.4) is 0 Å². The van der Waals surface area contributed by atoms with E-state index in [0.29, 0.717) is 11.7 Å². The van der Waals surface area contributed by atoms with Crippen LogP contribution in [0.1, 0.15) is 12.0 Å². The van der Waals surface area contributed by atoms with E-state index < -0.39 is 0 Å². The number of nitrogens with one attached hydrogen (secondary N) is 1. The molecule has 0 aromatic carbocycles. The molecule has 3 heterocycles. The lowest BCUT2D eigenvalue weighted by Crippen LogP contribution is -2.38. The summed E-state index contributed by atoms with van der Waals surface area (Å²) in [6.45, 7) is 5.24. The van der Waals surface area contributed by atoms with Gasteiger partial charge in [-0.15, -0.1) is 10.2 Å². The highest BCUT2D eigenvalue weighted by molar-refractivity contribution is 7.13. The Balaban J connectivity index is 1.62. The maximum absolute atomic E-state index is 12.3. The Hall–Kier alpha value is -2.22. The van der Waals surface area contributed by atoms with Crippen molar-refractivity contribution in [3.05, 3.63) is 29.5 Å². The first-order chi connectivity index (χ1) is 10.7. The van der Waals surface area contributed by atoms with Crippen LogP contribution in [0.4, 0.5) is 15.6 Å². The maximum atomic E-state index is 12.3. The van der Waals surface area contributed by atoms with Crippen molar-refractivity contribution in [3.8, 4) is 0 Å². The second-order valence-electron chi connectivity index (χ2n) is 5.16. The van der Waals surface area contributed by atoms with E-state index in [1.165, 1.54) is 17.0 Å². The third kappa shape index (κ3) is 3.33. The van der Waals surface area contributed by atoms with Gasteiger partial charge in [0.2, 0.25) is 5.13 Å². The van der Waals surface area contributed by atoms with E-state index >= 15 is 0 Å². The fraction of sp³-hybridized carbons (Fsp3) is 0.429. The van der Waals surface area contributed by atoms with Gasteiger partial charge in [-0.25, -0.2) is 4.79 Å². The molecule has 0 saturated carbocycles. The normalized spacial score (nSPS) is 15.5. The van der Waals surface area contributed by atoms with Crippen LogP contribution in [0.25, 0.3) is 0 Å². The molecule has 2 aromatic rings. The summed E-state index contributed by atoms with van der Waals surface area (Å²) < 4.78 is 0. The Morgan fingerprint density at radius 1 is 1.32 bits per heavy atom. The predicted molar refractivity (Wildman–Crippen MR) is 86.3 cm³/mol. The number of rotatable bonds is 2. The summed E-state index contributed by atoms with van der Waals surface area (Å²) in [5.74, 6) is 0. The highest BCUT2D eigenvalue weighted by Crippen LogP contribution is 2.20. The van der Waals surface area contributed by atoms with E-state index in [1.54, 1.807) is 5.51 Å². The average molecular weight is 318 g/mol. The van der Waals surface area contributed by atoms with Crippen molar-refractivity contribution in [3.63, 3.8) is 0 Å². The average Bonchev–Trinajstić information content (AvgIpc) is 2.90. The van der Waals surface area contributed by atoms with E-state index in [0.717, 1.165) is 31.6 Å². The molecule has 0 spiro atoms. The van der Waals surface area contributed by atoms with Gasteiger partial charge < -0.3 is 9.80 Å².